The fourth-order valence-corrected chi connectivity index (χ4v) is 6.43. The number of nitriles is 1. The number of benzene rings is 4. The molecule has 4 aromatic carbocycles. The molecular weight excluding hydrogens is 591 g/mol. The quantitative estimate of drug-likeness (QED) is 0.152. The third-order valence-electron chi connectivity index (χ3n) is 6.92. The van der Waals surface area contributed by atoms with E-state index in [2.05, 4.69) is 6.07 Å². The topological polar surface area (TPSA) is 94.6 Å². The number of aryl methyl sites for hydroxylation is 1. The van der Waals surface area contributed by atoms with Crippen LogP contribution in [0.5, 0.6) is 17.2 Å². The summed E-state index contributed by atoms with van der Waals surface area (Å²) in [6.07, 6.45) is 0. The fourth-order valence-electron chi connectivity index (χ4n) is 4.77. The number of fused-ring (bicyclic) bond motifs is 2. The number of nitrogens with zero attached hydrogens (tertiary/aromatic N) is 1. The first-order chi connectivity index (χ1) is 20.3. The average molecular weight is 614 g/mol. The van der Waals surface area contributed by atoms with Gasteiger partial charge in [0.15, 0.2) is 0 Å². The SMILES string of the molecule is Cc1ccc(COc2ccc(C3C(C#N)=C(N)Oc4cc(OC(=O)c5sc6cc(Cl)ccc6c5Cl)ccc43)cc2)cc1. The van der Waals surface area contributed by atoms with E-state index in [0.29, 0.717) is 33.7 Å². The van der Waals surface area contributed by atoms with E-state index in [9.17, 15) is 10.1 Å². The molecule has 208 valence electrons. The molecule has 1 unspecified atom stereocenters. The van der Waals surface area contributed by atoms with Gasteiger partial charge in [-0.25, -0.2) is 4.79 Å². The van der Waals surface area contributed by atoms with Crippen molar-refractivity contribution in [1.82, 2.24) is 0 Å². The Morgan fingerprint density at radius 3 is 2.48 bits per heavy atom. The summed E-state index contributed by atoms with van der Waals surface area (Å²) in [5, 5.41) is 11.5. The van der Waals surface area contributed by atoms with Crippen molar-refractivity contribution in [2.24, 2.45) is 5.73 Å². The molecule has 0 spiro atoms. The molecule has 2 N–H and O–H groups in total. The number of rotatable bonds is 6. The lowest BCUT2D eigenvalue weighted by molar-refractivity contribution is 0.0740. The zero-order valence-corrected chi connectivity index (χ0v) is 24.5. The molecule has 5 aromatic rings. The van der Waals surface area contributed by atoms with Gasteiger partial charge in [0.25, 0.3) is 0 Å². The molecular formula is C33H22Cl2N2O4S. The molecule has 9 heteroatoms. The lowest BCUT2D eigenvalue weighted by Gasteiger charge is -2.26. The Balaban J connectivity index is 1.24. The number of halogens is 2. The van der Waals surface area contributed by atoms with E-state index < -0.39 is 11.9 Å². The Bertz CT molecular complexity index is 1910. The zero-order valence-electron chi connectivity index (χ0n) is 22.2. The molecule has 0 fully saturated rings. The van der Waals surface area contributed by atoms with Crippen LogP contribution >= 0.6 is 34.5 Å². The minimum absolute atomic E-state index is 0.0115. The lowest BCUT2D eigenvalue weighted by Crippen LogP contribution is -2.21. The van der Waals surface area contributed by atoms with Gasteiger partial charge in [-0.2, -0.15) is 5.26 Å². The van der Waals surface area contributed by atoms with Crippen molar-refractivity contribution in [1.29, 1.82) is 5.26 Å². The molecule has 0 saturated carbocycles. The van der Waals surface area contributed by atoms with E-state index in [1.54, 1.807) is 36.4 Å². The van der Waals surface area contributed by atoms with Crippen LogP contribution in [-0.4, -0.2) is 5.97 Å². The highest BCUT2D eigenvalue weighted by Gasteiger charge is 2.31. The summed E-state index contributed by atoms with van der Waals surface area (Å²) in [4.78, 5) is 13.3. The van der Waals surface area contributed by atoms with E-state index in [0.717, 1.165) is 21.2 Å². The summed E-state index contributed by atoms with van der Waals surface area (Å²) in [6, 6.07) is 28.1. The first-order valence-electron chi connectivity index (χ1n) is 12.9. The van der Waals surface area contributed by atoms with Crippen LogP contribution in [0.3, 0.4) is 0 Å². The Labute approximate surface area is 256 Å². The second kappa shape index (κ2) is 11.4. The van der Waals surface area contributed by atoms with Crippen LogP contribution < -0.4 is 19.9 Å². The van der Waals surface area contributed by atoms with Crippen LogP contribution in [-0.2, 0) is 6.61 Å². The Morgan fingerprint density at radius 2 is 1.74 bits per heavy atom. The van der Waals surface area contributed by atoms with Gasteiger partial charge in [-0.3, -0.25) is 0 Å². The third-order valence-corrected chi connectivity index (χ3v) is 8.79. The molecule has 1 aromatic heterocycles. The van der Waals surface area contributed by atoms with Crippen molar-refractivity contribution in [2.75, 3.05) is 0 Å². The van der Waals surface area contributed by atoms with E-state index in [1.165, 1.54) is 16.9 Å². The molecule has 2 heterocycles. The monoisotopic (exact) mass is 612 g/mol. The van der Waals surface area contributed by atoms with Gasteiger partial charge in [0, 0.05) is 26.7 Å². The third kappa shape index (κ3) is 5.40. The standard InChI is InChI=1S/C33H22Cl2N2O4S/c1-18-2-4-19(5-3-18)17-39-22-9-6-20(7-10-22)29-24-13-11-23(15-27(24)41-32(37)26(29)16-36)40-33(38)31-30(35)25-12-8-21(34)14-28(25)42-31/h2-15,29H,17,37H2,1H3. The minimum atomic E-state index is -0.605. The van der Waals surface area contributed by atoms with E-state index >= 15 is 0 Å². The summed E-state index contributed by atoms with van der Waals surface area (Å²) in [7, 11) is 0. The summed E-state index contributed by atoms with van der Waals surface area (Å²) in [6.45, 7) is 2.49. The maximum atomic E-state index is 13.0. The highest BCUT2D eigenvalue weighted by atomic mass is 35.5. The van der Waals surface area contributed by atoms with Crippen LogP contribution in [0.4, 0.5) is 0 Å². The molecule has 0 amide bonds. The van der Waals surface area contributed by atoms with Crippen molar-refractivity contribution >= 4 is 50.6 Å². The Kier molecular flexibility index (Phi) is 7.53. The number of ether oxygens (including phenoxy) is 3. The highest BCUT2D eigenvalue weighted by Crippen LogP contribution is 2.44. The van der Waals surface area contributed by atoms with Gasteiger partial charge < -0.3 is 19.9 Å². The predicted molar refractivity (Wildman–Crippen MR) is 164 cm³/mol. The van der Waals surface area contributed by atoms with Crippen LogP contribution in [0.1, 0.15) is 37.8 Å². The van der Waals surface area contributed by atoms with Gasteiger partial charge in [-0.05, 0) is 48.4 Å². The van der Waals surface area contributed by atoms with Gasteiger partial charge in [0.2, 0.25) is 5.88 Å². The summed E-state index contributed by atoms with van der Waals surface area (Å²) < 4.78 is 18.2. The second-order valence-corrected chi connectivity index (χ2v) is 11.6. The molecule has 0 bridgehead atoms. The molecule has 6 nitrogen and oxygen atoms in total. The molecule has 1 aliphatic heterocycles. The number of carbonyl (C=O) groups excluding carboxylic acids is 1. The van der Waals surface area contributed by atoms with Crippen molar-refractivity contribution in [2.45, 2.75) is 19.4 Å². The Hall–Kier alpha value is -4.48. The van der Waals surface area contributed by atoms with E-state index in [4.69, 9.17) is 43.1 Å². The number of hydrogen-bond donors (Lipinski definition) is 1. The first kappa shape index (κ1) is 27.7. The molecule has 1 atom stereocenters. The smallest absolute Gasteiger partial charge is 0.355 e. The molecule has 0 aliphatic carbocycles. The van der Waals surface area contributed by atoms with E-state index in [-0.39, 0.29) is 22.1 Å². The Morgan fingerprint density at radius 1 is 1.00 bits per heavy atom. The van der Waals surface area contributed by atoms with Gasteiger partial charge in [-0.15, -0.1) is 11.3 Å². The summed E-state index contributed by atoms with van der Waals surface area (Å²) >= 11 is 13.8. The van der Waals surface area contributed by atoms with Crippen LogP contribution in [0, 0.1) is 18.3 Å². The maximum absolute atomic E-state index is 13.0. The predicted octanol–water partition coefficient (Wildman–Crippen LogP) is 8.53. The number of hydrogen-bond acceptors (Lipinski definition) is 7. The summed E-state index contributed by atoms with van der Waals surface area (Å²) in [5.41, 5.74) is 10.3. The number of allylic oxidation sites excluding steroid dienone is 1. The van der Waals surface area contributed by atoms with Crippen molar-refractivity contribution in [3.8, 4) is 23.3 Å². The van der Waals surface area contributed by atoms with Crippen molar-refractivity contribution in [3.05, 3.63) is 134 Å². The normalized spacial score (nSPS) is 14.2. The van der Waals surface area contributed by atoms with Gasteiger partial charge >= 0.3 is 5.97 Å². The van der Waals surface area contributed by atoms with Gasteiger partial charge in [0.1, 0.15) is 40.4 Å². The highest BCUT2D eigenvalue weighted by molar-refractivity contribution is 7.21. The number of carbonyl (C=O) groups is 1. The largest absolute Gasteiger partial charge is 0.489 e. The zero-order chi connectivity index (χ0) is 29.4. The van der Waals surface area contributed by atoms with E-state index in [1.807, 2.05) is 55.5 Å². The minimum Gasteiger partial charge on any atom is -0.489 e. The average Bonchev–Trinajstić information content (AvgIpc) is 3.31. The van der Waals surface area contributed by atoms with Gasteiger partial charge in [-0.1, -0.05) is 77.3 Å². The van der Waals surface area contributed by atoms with Crippen LogP contribution in [0.15, 0.2) is 96.4 Å². The van der Waals surface area contributed by atoms with Crippen LogP contribution in [0.2, 0.25) is 10.0 Å². The van der Waals surface area contributed by atoms with Gasteiger partial charge in [0.05, 0.1) is 10.9 Å². The molecule has 0 saturated heterocycles. The number of esters is 1. The van der Waals surface area contributed by atoms with Crippen LogP contribution in [0.25, 0.3) is 10.1 Å². The molecule has 1 aliphatic rings. The van der Waals surface area contributed by atoms with Crippen molar-refractivity contribution < 1.29 is 19.0 Å². The lowest BCUT2D eigenvalue weighted by atomic mass is 9.83. The fraction of sp³-hybridized carbons (Fsp3) is 0.0909. The van der Waals surface area contributed by atoms with Crippen molar-refractivity contribution in [3.63, 3.8) is 0 Å². The summed E-state index contributed by atoms with van der Waals surface area (Å²) in [5.74, 6) is 0.241. The first-order valence-corrected chi connectivity index (χ1v) is 14.5. The second-order valence-electron chi connectivity index (χ2n) is 9.74. The number of nitrogens with two attached hydrogens (primary N) is 1. The number of thiophene rings is 1. The maximum Gasteiger partial charge on any atom is 0.355 e. The molecule has 0 radical (unpaired) electrons. The molecule has 6 rings (SSSR count). The molecule has 42 heavy (non-hydrogen) atoms.